The van der Waals surface area contributed by atoms with Crippen LogP contribution in [0.25, 0.3) is 0 Å². The molecule has 13 heavy (non-hydrogen) atoms. The van der Waals surface area contributed by atoms with E-state index < -0.39 is 0 Å². The summed E-state index contributed by atoms with van der Waals surface area (Å²) in [4.78, 5) is 8.25. The number of aromatic nitrogens is 2. The van der Waals surface area contributed by atoms with Crippen molar-refractivity contribution in [3.05, 3.63) is 18.5 Å². The second kappa shape index (κ2) is 4.18. The predicted molar refractivity (Wildman–Crippen MR) is 51.5 cm³/mol. The zero-order valence-electron chi connectivity index (χ0n) is 7.53. The molecule has 0 bridgehead atoms. The Morgan fingerprint density at radius 1 is 1.38 bits per heavy atom. The fraction of sp³-hybridized carbons (Fsp3) is 0.556. The Balaban J connectivity index is 1.90. The lowest BCUT2D eigenvalue weighted by atomic mass is 10.1. The first-order chi connectivity index (χ1) is 6.45. The molecule has 2 N–H and O–H groups in total. The molecule has 0 saturated carbocycles. The quantitative estimate of drug-likeness (QED) is 0.697. The highest BCUT2D eigenvalue weighted by Gasteiger charge is 2.12. The summed E-state index contributed by atoms with van der Waals surface area (Å²) >= 11 is 0. The lowest BCUT2D eigenvalue weighted by Crippen LogP contribution is -2.38. The van der Waals surface area contributed by atoms with Gasteiger partial charge in [0.15, 0.2) is 0 Å². The van der Waals surface area contributed by atoms with Crippen molar-refractivity contribution in [2.24, 2.45) is 0 Å². The van der Waals surface area contributed by atoms with Gasteiger partial charge in [-0.25, -0.2) is 9.97 Å². The summed E-state index contributed by atoms with van der Waals surface area (Å²) in [6.07, 6.45) is 5.94. The first kappa shape index (κ1) is 8.44. The Morgan fingerprint density at radius 3 is 2.92 bits per heavy atom. The minimum Gasteiger partial charge on any atom is -0.350 e. The Labute approximate surface area is 77.8 Å². The average molecular weight is 178 g/mol. The molecule has 1 aromatic rings. The smallest absolute Gasteiger partial charge is 0.222 e. The van der Waals surface area contributed by atoms with Crippen LogP contribution < -0.4 is 10.6 Å². The van der Waals surface area contributed by atoms with E-state index in [1.54, 1.807) is 12.4 Å². The predicted octanol–water partition coefficient (Wildman–Crippen LogP) is 0.640. The van der Waals surface area contributed by atoms with Gasteiger partial charge < -0.3 is 10.6 Å². The molecule has 70 valence electrons. The average Bonchev–Trinajstić information content (AvgIpc) is 2.21. The first-order valence-electron chi connectivity index (χ1n) is 4.69. The van der Waals surface area contributed by atoms with E-state index in [1.807, 2.05) is 6.07 Å². The fourth-order valence-corrected chi connectivity index (χ4v) is 1.53. The van der Waals surface area contributed by atoms with Gasteiger partial charge in [-0.15, -0.1) is 0 Å². The molecule has 2 rings (SSSR count). The second-order valence-electron chi connectivity index (χ2n) is 3.26. The van der Waals surface area contributed by atoms with E-state index in [0.29, 0.717) is 6.04 Å². The first-order valence-corrected chi connectivity index (χ1v) is 4.69. The van der Waals surface area contributed by atoms with E-state index in [4.69, 9.17) is 0 Å². The molecule has 1 aliphatic heterocycles. The van der Waals surface area contributed by atoms with E-state index in [0.717, 1.165) is 19.0 Å². The van der Waals surface area contributed by atoms with E-state index in [1.165, 1.54) is 12.8 Å². The number of anilines is 1. The molecule has 0 unspecified atom stereocenters. The molecule has 4 nitrogen and oxygen atoms in total. The van der Waals surface area contributed by atoms with Crippen molar-refractivity contribution >= 4 is 5.95 Å². The number of rotatable bonds is 2. The molecule has 1 fully saturated rings. The second-order valence-corrected chi connectivity index (χ2v) is 3.26. The topological polar surface area (TPSA) is 49.8 Å². The molecule has 1 atom stereocenters. The van der Waals surface area contributed by atoms with Crippen LogP contribution in [0.2, 0.25) is 0 Å². The largest absolute Gasteiger partial charge is 0.350 e. The minimum atomic E-state index is 0.483. The van der Waals surface area contributed by atoms with Crippen molar-refractivity contribution in [1.82, 2.24) is 15.3 Å². The molecule has 1 aliphatic rings. The van der Waals surface area contributed by atoms with Crippen molar-refractivity contribution in [1.29, 1.82) is 0 Å². The number of nitrogens with zero attached hydrogens (tertiary/aromatic N) is 2. The zero-order valence-corrected chi connectivity index (χ0v) is 7.53. The maximum atomic E-state index is 4.12. The third-order valence-electron chi connectivity index (χ3n) is 2.20. The van der Waals surface area contributed by atoms with Gasteiger partial charge in [-0.05, 0) is 25.5 Å². The van der Waals surface area contributed by atoms with E-state index >= 15 is 0 Å². The third kappa shape index (κ3) is 2.39. The summed E-state index contributed by atoms with van der Waals surface area (Å²) in [5.41, 5.74) is 0. The summed E-state index contributed by atoms with van der Waals surface area (Å²) in [5.74, 6) is 0.733. The van der Waals surface area contributed by atoms with Crippen LogP contribution in [0.1, 0.15) is 12.8 Å². The van der Waals surface area contributed by atoms with Crippen molar-refractivity contribution in [3.63, 3.8) is 0 Å². The van der Waals surface area contributed by atoms with Gasteiger partial charge in [0.25, 0.3) is 0 Å². The summed E-state index contributed by atoms with van der Waals surface area (Å²) in [5, 5.41) is 6.63. The molecule has 1 saturated heterocycles. The Kier molecular flexibility index (Phi) is 2.72. The summed E-state index contributed by atoms with van der Waals surface area (Å²) in [6.45, 7) is 2.14. The molecular weight excluding hydrogens is 164 g/mol. The fourth-order valence-electron chi connectivity index (χ4n) is 1.53. The number of piperidine rings is 1. The van der Waals surface area contributed by atoms with Gasteiger partial charge in [0, 0.05) is 25.0 Å². The lowest BCUT2D eigenvalue weighted by Gasteiger charge is -2.23. The van der Waals surface area contributed by atoms with Crippen LogP contribution >= 0.6 is 0 Å². The SMILES string of the molecule is c1cnc(N[C@@H]2CCCNC2)nc1. The van der Waals surface area contributed by atoms with Crippen LogP contribution in [-0.4, -0.2) is 29.1 Å². The van der Waals surface area contributed by atoms with Gasteiger partial charge >= 0.3 is 0 Å². The maximum Gasteiger partial charge on any atom is 0.222 e. The summed E-state index contributed by atoms with van der Waals surface area (Å²) in [7, 11) is 0. The van der Waals surface area contributed by atoms with Gasteiger partial charge in [0.05, 0.1) is 0 Å². The highest BCUT2D eigenvalue weighted by atomic mass is 15.1. The molecule has 4 heteroatoms. The molecule has 0 spiro atoms. The molecule has 2 heterocycles. The third-order valence-corrected chi connectivity index (χ3v) is 2.20. The Hall–Kier alpha value is -1.16. The Bertz CT molecular complexity index is 243. The maximum absolute atomic E-state index is 4.12. The highest BCUT2D eigenvalue weighted by molar-refractivity contribution is 5.24. The standard InChI is InChI=1S/C9H14N4/c1-3-8(7-10-4-1)13-9-11-5-2-6-12-9/h2,5-6,8,10H,1,3-4,7H2,(H,11,12,13)/t8-/m1/s1. The van der Waals surface area contributed by atoms with Crippen LogP contribution in [0, 0.1) is 0 Å². The van der Waals surface area contributed by atoms with Crippen LogP contribution in [-0.2, 0) is 0 Å². The van der Waals surface area contributed by atoms with Gasteiger partial charge in [-0.3, -0.25) is 0 Å². The number of nitrogens with one attached hydrogen (secondary N) is 2. The van der Waals surface area contributed by atoms with Gasteiger partial charge in [-0.1, -0.05) is 0 Å². The van der Waals surface area contributed by atoms with E-state index in [-0.39, 0.29) is 0 Å². The lowest BCUT2D eigenvalue weighted by molar-refractivity contribution is 0.478. The zero-order chi connectivity index (χ0) is 8.93. The van der Waals surface area contributed by atoms with Crippen molar-refractivity contribution in [3.8, 4) is 0 Å². The molecule has 0 aromatic carbocycles. The molecule has 1 aromatic heterocycles. The van der Waals surface area contributed by atoms with Crippen LogP contribution in [0.3, 0.4) is 0 Å². The summed E-state index contributed by atoms with van der Waals surface area (Å²) < 4.78 is 0. The van der Waals surface area contributed by atoms with Crippen LogP contribution in [0.15, 0.2) is 18.5 Å². The number of hydrogen-bond acceptors (Lipinski definition) is 4. The normalized spacial score (nSPS) is 22.6. The van der Waals surface area contributed by atoms with Crippen molar-refractivity contribution in [2.75, 3.05) is 18.4 Å². The highest BCUT2D eigenvalue weighted by Crippen LogP contribution is 2.06. The van der Waals surface area contributed by atoms with Crippen LogP contribution in [0.4, 0.5) is 5.95 Å². The molecule has 0 amide bonds. The van der Waals surface area contributed by atoms with Gasteiger partial charge in [0.1, 0.15) is 0 Å². The van der Waals surface area contributed by atoms with Crippen LogP contribution in [0.5, 0.6) is 0 Å². The van der Waals surface area contributed by atoms with Gasteiger partial charge in [0.2, 0.25) is 5.95 Å². The monoisotopic (exact) mass is 178 g/mol. The van der Waals surface area contributed by atoms with Crippen molar-refractivity contribution < 1.29 is 0 Å². The van der Waals surface area contributed by atoms with Gasteiger partial charge in [-0.2, -0.15) is 0 Å². The van der Waals surface area contributed by atoms with E-state index in [9.17, 15) is 0 Å². The number of hydrogen-bond donors (Lipinski definition) is 2. The molecular formula is C9H14N4. The van der Waals surface area contributed by atoms with Crippen molar-refractivity contribution in [2.45, 2.75) is 18.9 Å². The molecule has 0 radical (unpaired) electrons. The summed E-state index contributed by atoms with van der Waals surface area (Å²) in [6, 6.07) is 2.31. The van der Waals surface area contributed by atoms with E-state index in [2.05, 4.69) is 20.6 Å². The molecule has 0 aliphatic carbocycles. The Morgan fingerprint density at radius 2 is 2.23 bits per heavy atom. The minimum absolute atomic E-state index is 0.483.